The van der Waals surface area contributed by atoms with Gasteiger partial charge in [-0.3, -0.25) is 4.90 Å². The molecule has 5 nitrogen and oxygen atoms in total. The summed E-state index contributed by atoms with van der Waals surface area (Å²) in [6, 6.07) is 0. The van der Waals surface area contributed by atoms with Crippen LogP contribution >= 0.6 is 0 Å². The summed E-state index contributed by atoms with van der Waals surface area (Å²) in [6.45, 7) is 3.75. The molecular formula is C7H15NO4. The molecule has 0 aliphatic heterocycles. The lowest BCUT2D eigenvalue weighted by Crippen LogP contribution is -2.33. The largest absolute Gasteiger partial charge is 0.465 e. The number of carboxylic acid groups (broad SMARTS) is 1. The summed E-state index contributed by atoms with van der Waals surface area (Å²) in [5.41, 5.74) is 0. The molecule has 0 aromatic carbocycles. The van der Waals surface area contributed by atoms with Gasteiger partial charge in [0, 0.05) is 6.54 Å². The van der Waals surface area contributed by atoms with Crippen molar-refractivity contribution in [3.8, 4) is 0 Å². The fourth-order valence-electron chi connectivity index (χ4n) is 0.625. The van der Waals surface area contributed by atoms with E-state index in [2.05, 4.69) is 0 Å². The van der Waals surface area contributed by atoms with E-state index < -0.39 is 12.8 Å². The third-order valence-corrected chi connectivity index (χ3v) is 1.25. The molecule has 0 aliphatic carbocycles. The highest BCUT2D eigenvalue weighted by Gasteiger charge is 2.08. The summed E-state index contributed by atoms with van der Waals surface area (Å²) in [4.78, 5) is 11.2. The van der Waals surface area contributed by atoms with E-state index in [-0.39, 0.29) is 12.6 Å². The monoisotopic (exact) mass is 177 g/mol. The van der Waals surface area contributed by atoms with Crippen molar-refractivity contribution in [3.63, 3.8) is 0 Å². The van der Waals surface area contributed by atoms with Gasteiger partial charge in [-0.1, -0.05) is 0 Å². The fraction of sp³-hybridized carbons (Fsp3) is 0.857. The number of carbonyl (C=O) groups is 1. The Bertz CT molecular complexity index is 137. The van der Waals surface area contributed by atoms with Gasteiger partial charge in [0.15, 0.2) is 0 Å². The molecule has 0 saturated carbocycles. The molecule has 0 radical (unpaired) electrons. The smallest absolute Gasteiger partial charge is 0.409 e. The Morgan fingerprint density at radius 1 is 1.58 bits per heavy atom. The van der Waals surface area contributed by atoms with Crippen LogP contribution in [-0.2, 0) is 4.74 Å². The number of amides is 1. The van der Waals surface area contributed by atoms with Crippen molar-refractivity contribution in [2.75, 3.05) is 19.9 Å². The molecule has 0 aliphatic rings. The van der Waals surface area contributed by atoms with E-state index in [4.69, 9.17) is 14.9 Å². The van der Waals surface area contributed by atoms with Gasteiger partial charge in [0.1, 0.15) is 6.73 Å². The van der Waals surface area contributed by atoms with Crippen LogP contribution in [0, 0.1) is 0 Å². The normalized spacial score (nSPS) is 10.3. The molecule has 0 saturated heterocycles. The van der Waals surface area contributed by atoms with Crippen LogP contribution in [-0.4, -0.2) is 47.2 Å². The molecule has 5 heteroatoms. The van der Waals surface area contributed by atoms with Crippen LogP contribution in [0.1, 0.15) is 13.8 Å². The lowest BCUT2D eigenvalue weighted by molar-refractivity contribution is 0.0349. The number of hydrogen-bond acceptors (Lipinski definition) is 3. The van der Waals surface area contributed by atoms with Gasteiger partial charge in [-0.2, -0.15) is 0 Å². The van der Waals surface area contributed by atoms with Crippen molar-refractivity contribution in [2.45, 2.75) is 20.0 Å². The minimum atomic E-state index is -1.13. The molecule has 0 aromatic heterocycles. The van der Waals surface area contributed by atoms with Crippen LogP contribution in [0.3, 0.4) is 0 Å². The van der Waals surface area contributed by atoms with Crippen molar-refractivity contribution < 1.29 is 19.7 Å². The summed E-state index contributed by atoms with van der Waals surface area (Å²) >= 11 is 0. The first-order chi connectivity index (χ1) is 5.57. The molecule has 0 spiro atoms. The third kappa shape index (κ3) is 4.92. The van der Waals surface area contributed by atoms with E-state index in [1.54, 1.807) is 0 Å². The van der Waals surface area contributed by atoms with Gasteiger partial charge < -0.3 is 14.9 Å². The Morgan fingerprint density at radius 3 is 2.50 bits per heavy atom. The second kappa shape index (κ2) is 5.79. The summed E-state index contributed by atoms with van der Waals surface area (Å²) in [6.07, 6.45) is -1.05. The highest BCUT2D eigenvalue weighted by Crippen LogP contribution is 1.91. The quantitative estimate of drug-likeness (QED) is 0.594. The Balaban J connectivity index is 3.52. The van der Waals surface area contributed by atoms with Crippen molar-refractivity contribution in [3.05, 3.63) is 0 Å². The first-order valence-corrected chi connectivity index (χ1v) is 3.78. The van der Waals surface area contributed by atoms with Gasteiger partial charge >= 0.3 is 6.09 Å². The molecule has 72 valence electrons. The van der Waals surface area contributed by atoms with E-state index >= 15 is 0 Å². The first kappa shape index (κ1) is 11.2. The SMILES string of the molecule is CC(C)OCCN(CO)C(=O)O. The summed E-state index contributed by atoms with van der Waals surface area (Å²) in [7, 11) is 0. The minimum Gasteiger partial charge on any atom is -0.465 e. The molecule has 0 bridgehead atoms. The predicted octanol–water partition coefficient (Wildman–Crippen LogP) is 0.341. The Morgan fingerprint density at radius 2 is 2.17 bits per heavy atom. The fourth-order valence-corrected chi connectivity index (χ4v) is 0.625. The van der Waals surface area contributed by atoms with E-state index in [9.17, 15) is 4.79 Å². The number of aliphatic hydroxyl groups excluding tert-OH is 1. The molecule has 0 heterocycles. The summed E-state index contributed by atoms with van der Waals surface area (Å²) < 4.78 is 5.11. The first-order valence-electron chi connectivity index (χ1n) is 3.78. The lowest BCUT2D eigenvalue weighted by Gasteiger charge is -2.16. The number of nitrogens with zero attached hydrogens (tertiary/aromatic N) is 1. The topological polar surface area (TPSA) is 70.0 Å². The molecule has 0 atom stereocenters. The number of ether oxygens (including phenoxy) is 1. The van der Waals surface area contributed by atoms with Gasteiger partial charge in [-0.05, 0) is 13.8 Å². The Hall–Kier alpha value is -0.810. The van der Waals surface area contributed by atoms with E-state index in [1.807, 2.05) is 13.8 Å². The zero-order valence-electron chi connectivity index (χ0n) is 7.36. The van der Waals surface area contributed by atoms with E-state index in [0.29, 0.717) is 6.61 Å². The van der Waals surface area contributed by atoms with E-state index in [0.717, 1.165) is 4.90 Å². The number of rotatable bonds is 5. The van der Waals surface area contributed by atoms with Crippen molar-refractivity contribution in [2.24, 2.45) is 0 Å². The lowest BCUT2D eigenvalue weighted by atomic mass is 10.5. The van der Waals surface area contributed by atoms with Crippen LogP contribution in [0.4, 0.5) is 4.79 Å². The minimum absolute atomic E-state index is 0.0827. The van der Waals surface area contributed by atoms with Gasteiger partial charge in [-0.15, -0.1) is 0 Å². The highest BCUT2D eigenvalue weighted by molar-refractivity contribution is 5.64. The van der Waals surface area contributed by atoms with Crippen molar-refractivity contribution in [1.29, 1.82) is 0 Å². The zero-order valence-corrected chi connectivity index (χ0v) is 7.36. The van der Waals surface area contributed by atoms with Gasteiger partial charge in [0.05, 0.1) is 12.7 Å². The maximum Gasteiger partial charge on any atom is 0.409 e. The average Bonchev–Trinajstić information content (AvgIpc) is 1.96. The third-order valence-electron chi connectivity index (χ3n) is 1.25. The van der Waals surface area contributed by atoms with E-state index in [1.165, 1.54) is 0 Å². The van der Waals surface area contributed by atoms with Crippen LogP contribution in [0.5, 0.6) is 0 Å². The average molecular weight is 177 g/mol. The molecular weight excluding hydrogens is 162 g/mol. The second-order valence-electron chi connectivity index (χ2n) is 2.61. The molecule has 0 aromatic rings. The zero-order chi connectivity index (χ0) is 9.56. The Labute approximate surface area is 71.6 Å². The number of aliphatic hydroxyl groups is 1. The maximum atomic E-state index is 10.3. The maximum absolute atomic E-state index is 10.3. The number of hydrogen-bond donors (Lipinski definition) is 2. The van der Waals surface area contributed by atoms with Crippen LogP contribution in [0.15, 0.2) is 0 Å². The molecule has 0 rings (SSSR count). The standard InChI is InChI=1S/C7H15NO4/c1-6(2)12-4-3-8(5-9)7(10)11/h6,9H,3-5H2,1-2H3,(H,10,11). The van der Waals surface area contributed by atoms with Crippen LogP contribution < -0.4 is 0 Å². The van der Waals surface area contributed by atoms with Crippen molar-refractivity contribution >= 4 is 6.09 Å². The predicted molar refractivity (Wildman–Crippen MR) is 42.9 cm³/mol. The van der Waals surface area contributed by atoms with Crippen LogP contribution in [0.25, 0.3) is 0 Å². The van der Waals surface area contributed by atoms with Crippen LogP contribution in [0.2, 0.25) is 0 Å². The molecule has 2 N–H and O–H groups in total. The Kier molecular flexibility index (Phi) is 5.40. The van der Waals surface area contributed by atoms with Gasteiger partial charge in [-0.25, -0.2) is 4.79 Å². The summed E-state index contributed by atoms with van der Waals surface area (Å²) in [5, 5.41) is 17.0. The molecule has 0 unspecified atom stereocenters. The van der Waals surface area contributed by atoms with Crippen molar-refractivity contribution in [1.82, 2.24) is 4.90 Å². The van der Waals surface area contributed by atoms with Gasteiger partial charge in [0.25, 0.3) is 0 Å². The molecule has 1 amide bonds. The molecule has 0 fully saturated rings. The second-order valence-corrected chi connectivity index (χ2v) is 2.61. The summed E-state index contributed by atoms with van der Waals surface area (Å²) in [5.74, 6) is 0. The molecule has 12 heavy (non-hydrogen) atoms. The van der Waals surface area contributed by atoms with Gasteiger partial charge in [0.2, 0.25) is 0 Å². The highest BCUT2D eigenvalue weighted by atomic mass is 16.5.